The van der Waals surface area contributed by atoms with Crippen molar-refractivity contribution in [2.45, 2.75) is 24.7 Å². The lowest BCUT2D eigenvalue weighted by Crippen LogP contribution is -2.29. The van der Waals surface area contributed by atoms with Crippen LogP contribution in [0.25, 0.3) is 0 Å². The van der Waals surface area contributed by atoms with E-state index in [4.69, 9.17) is 4.74 Å². The molecule has 0 aliphatic heterocycles. The number of carbonyl (C=O) groups is 2. The van der Waals surface area contributed by atoms with Gasteiger partial charge in [0.1, 0.15) is 11.6 Å². The van der Waals surface area contributed by atoms with Gasteiger partial charge in [0.15, 0.2) is 11.0 Å². The number of allylic oxidation sites excluding steroid dienone is 1. The summed E-state index contributed by atoms with van der Waals surface area (Å²) in [4.78, 5) is 24.8. The van der Waals surface area contributed by atoms with Crippen LogP contribution in [0.15, 0.2) is 66.3 Å². The number of carbonyl (C=O) groups excluding carboxylic acids is 2. The van der Waals surface area contributed by atoms with Crippen LogP contribution in [0.4, 0.5) is 10.1 Å². The van der Waals surface area contributed by atoms with Gasteiger partial charge in [0.05, 0.1) is 24.5 Å². The Morgan fingerprint density at radius 1 is 1.21 bits per heavy atom. The van der Waals surface area contributed by atoms with E-state index in [1.165, 1.54) is 30.0 Å². The molecule has 172 valence electrons. The maximum atomic E-state index is 13.9. The predicted octanol–water partition coefficient (Wildman–Crippen LogP) is 3.83. The van der Waals surface area contributed by atoms with Gasteiger partial charge in [-0.15, -0.1) is 16.8 Å². The molecule has 8 nitrogen and oxygen atoms in total. The number of rotatable bonds is 10. The number of thioether (sulfide) groups is 1. The molecule has 33 heavy (non-hydrogen) atoms. The Balaban J connectivity index is 1.65. The summed E-state index contributed by atoms with van der Waals surface area (Å²) < 4.78 is 20.8. The van der Waals surface area contributed by atoms with E-state index in [0.29, 0.717) is 29.0 Å². The third kappa shape index (κ3) is 6.19. The molecule has 3 aromatic rings. The van der Waals surface area contributed by atoms with Gasteiger partial charge in [-0.1, -0.05) is 30.0 Å². The standard InChI is InChI=1S/C23H24FN5O3S/c1-4-13-29-21(15(2)25-22(31)18-7-5-6-8-19(18)24)27-28-23(29)33-14-20(30)26-16-9-11-17(32-3)12-10-16/h4-12,15H,1,13-14H2,2-3H3,(H,25,31)(H,26,30)/t15-/m0/s1. The van der Waals surface area contributed by atoms with Gasteiger partial charge in [0, 0.05) is 12.2 Å². The second-order valence-corrected chi connectivity index (χ2v) is 7.92. The van der Waals surface area contributed by atoms with E-state index in [9.17, 15) is 14.0 Å². The molecule has 0 bridgehead atoms. The van der Waals surface area contributed by atoms with Crippen LogP contribution < -0.4 is 15.4 Å². The average Bonchev–Trinajstić information content (AvgIpc) is 3.21. The van der Waals surface area contributed by atoms with Crippen molar-refractivity contribution in [1.82, 2.24) is 20.1 Å². The molecule has 0 saturated heterocycles. The van der Waals surface area contributed by atoms with E-state index in [1.807, 2.05) is 0 Å². The Hall–Kier alpha value is -3.66. The molecule has 0 radical (unpaired) electrons. The van der Waals surface area contributed by atoms with Crippen molar-refractivity contribution in [2.75, 3.05) is 18.2 Å². The summed E-state index contributed by atoms with van der Waals surface area (Å²) in [5.74, 6) is -0.0881. The lowest BCUT2D eigenvalue weighted by atomic mass is 10.2. The summed E-state index contributed by atoms with van der Waals surface area (Å²) in [5.41, 5.74) is 0.600. The zero-order chi connectivity index (χ0) is 23.8. The molecule has 0 unspecified atom stereocenters. The maximum Gasteiger partial charge on any atom is 0.254 e. The highest BCUT2D eigenvalue weighted by Gasteiger charge is 2.21. The van der Waals surface area contributed by atoms with Crippen LogP contribution in [0.2, 0.25) is 0 Å². The first kappa shape index (κ1) is 24.0. The van der Waals surface area contributed by atoms with Gasteiger partial charge >= 0.3 is 0 Å². The summed E-state index contributed by atoms with van der Waals surface area (Å²) in [6, 6.07) is 12.2. The zero-order valence-corrected chi connectivity index (χ0v) is 19.1. The van der Waals surface area contributed by atoms with Crippen molar-refractivity contribution < 1.29 is 18.7 Å². The van der Waals surface area contributed by atoms with Crippen molar-refractivity contribution in [2.24, 2.45) is 0 Å². The third-order valence-electron chi connectivity index (χ3n) is 4.62. The van der Waals surface area contributed by atoms with E-state index < -0.39 is 17.8 Å². The molecule has 0 aliphatic rings. The van der Waals surface area contributed by atoms with E-state index in [1.54, 1.807) is 55.0 Å². The quantitative estimate of drug-likeness (QED) is 0.346. The molecule has 2 amide bonds. The fraction of sp³-hybridized carbons (Fsp3) is 0.217. The summed E-state index contributed by atoms with van der Waals surface area (Å²) in [7, 11) is 1.57. The van der Waals surface area contributed by atoms with Crippen molar-refractivity contribution in [3.63, 3.8) is 0 Å². The van der Waals surface area contributed by atoms with E-state index in [0.717, 1.165) is 0 Å². The Labute approximate surface area is 195 Å². The number of hydrogen-bond donors (Lipinski definition) is 2. The van der Waals surface area contributed by atoms with Crippen LogP contribution in [0.3, 0.4) is 0 Å². The number of nitrogens with one attached hydrogen (secondary N) is 2. The first-order chi connectivity index (χ1) is 15.9. The minimum absolute atomic E-state index is 0.0519. The highest BCUT2D eigenvalue weighted by molar-refractivity contribution is 7.99. The van der Waals surface area contributed by atoms with Gasteiger partial charge in [-0.3, -0.25) is 9.59 Å². The van der Waals surface area contributed by atoms with Crippen molar-refractivity contribution >= 4 is 29.3 Å². The largest absolute Gasteiger partial charge is 0.497 e. The molecule has 10 heteroatoms. The predicted molar refractivity (Wildman–Crippen MR) is 125 cm³/mol. The molecule has 1 atom stereocenters. The first-order valence-corrected chi connectivity index (χ1v) is 11.1. The molecule has 3 rings (SSSR count). The van der Waals surface area contributed by atoms with Crippen LogP contribution in [-0.4, -0.2) is 39.4 Å². The Morgan fingerprint density at radius 2 is 1.94 bits per heavy atom. The maximum absolute atomic E-state index is 13.9. The first-order valence-electron chi connectivity index (χ1n) is 10.1. The number of nitrogens with zero attached hydrogens (tertiary/aromatic N) is 3. The summed E-state index contributed by atoms with van der Waals surface area (Å²) in [6.45, 7) is 5.86. The summed E-state index contributed by atoms with van der Waals surface area (Å²) >= 11 is 1.21. The second-order valence-electron chi connectivity index (χ2n) is 6.98. The SMILES string of the molecule is C=CCn1c(SCC(=O)Nc2ccc(OC)cc2)nnc1[C@H](C)NC(=O)c1ccccc1F. The highest BCUT2D eigenvalue weighted by atomic mass is 32.2. The van der Waals surface area contributed by atoms with Crippen LogP contribution in [0.1, 0.15) is 29.1 Å². The lowest BCUT2D eigenvalue weighted by molar-refractivity contribution is -0.113. The third-order valence-corrected chi connectivity index (χ3v) is 5.58. The van der Waals surface area contributed by atoms with E-state index in [-0.39, 0.29) is 17.2 Å². The highest BCUT2D eigenvalue weighted by Crippen LogP contribution is 2.22. The number of halogens is 1. The number of methoxy groups -OCH3 is 1. The van der Waals surface area contributed by atoms with Crippen LogP contribution >= 0.6 is 11.8 Å². The van der Waals surface area contributed by atoms with Gasteiger partial charge in [-0.2, -0.15) is 0 Å². The summed E-state index contributed by atoms with van der Waals surface area (Å²) in [6.07, 6.45) is 1.67. The minimum atomic E-state index is -0.603. The lowest BCUT2D eigenvalue weighted by Gasteiger charge is -2.15. The van der Waals surface area contributed by atoms with Gasteiger partial charge in [0.25, 0.3) is 5.91 Å². The Kier molecular flexibility index (Phi) is 8.20. The molecular weight excluding hydrogens is 445 g/mol. The molecule has 0 fully saturated rings. The van der Waals surface area contributed by atoms with Gasteiger partial charge < -0.3 is 19.9 Å². The van der Waals surface area contributed by atoms with Crippen LogP contribution in [0.5, 0.6) is 5.75 Å². The van der Waals surface area contributed by atoms with Crippen molar-refractivity contribution in [1.29, 1.82) is 0 Å². The number of aromatic nitrogens is 3. The van der Waals surface area contributed by atoms with Crippen LogP contribution in [0, 0.1) is 5.82 Å². The van der Waals surface area contributed by atoms with E-state index >= 15 is 0 Å². The topological polar surface area (TPSA) is 98.1 Å². The average molecular weight is 470 g/mol. The smallest absolute Gasteiger partial charge is 0.254 e. The van der Waals surface area contributed by atoms with Gasteiger partial charge in [0.2, 0.25) is 5.91 Å². The molecule has 1 aromatic heterocycles. The van der Waals surface area contributed by atoms with Gasteiger partial charge in [-0.25, -0.2) is 4.39 Å². The normalized spacial score (nSPS) is 11.5. The number of hydrogen-bond acceptors (Lipinski definition) is 6. The van der Waals surface area contributed by atoms with Crippen molar-refractivity contribution in [3.8, 4) is 5.75 Å². The van der Waals surface area contributed by atoms with Gasteiger partial charge in [-0.05, 0) is 43.3 Å². The molecule has 0 saturated carbocycles. The Morgan fingerprint density at radius 3 is 2.61 bits per heavy atom. The molecule has 1 heterocycles. The molecule has 2 N–H and O–H groups in total. The fourth-order valence-electron chi connectivity index (χ4n) is 3.01. The summed E-state index contributed by atoms with van der Waals surface area (Å²) in [5, 5.41) is 14.4. The fourth-order valence-corrected chi connectivity index (χ4v) is 3.77. The monoisotopic (exact) mass is 469 g/mol. The second kappa shape index (κ2) is 11.3. The van der Waals surface area contributed by atoms with E-state index in [2.05, 4.69) is 27.4 Å². The Bertz CT molecular complexity index is 1130. The number of benzene rings is 2. The number of amides is 2. The van der Waals surface area contributed by atoms with Crippen LogP contribution in [-0.2, 0) is 11.3 Å². The molecule has 2 aromatic carbocycles. The minimum Gasteiger partial charge on any atom is -0.497 e. The molecule has 0 aliphatic carbocycles. The number of anilines is 1. The number of ether oxygens (including phenoxy) is 1. The molecular formula is C23H24FN5O3S. The zero-order valence-electron chi connectivity index (χ0n) is 18.2. The van der Waals surface area contributed by atoms with Crippen molar-refractivity contribution in [3.05, 3.63) is 78.4 Å². The molecule has 0 spiro atoms.